The van der Waals surface area contributed by atoms with Crippen LogP contribution >= 0.6 is 0 Å². The van der Waals surface area contributed by atoms with Gasteiger partial charge in [-0.25, -0.2) is 4.98 Å². The van der Waals surface area contributed by atoms with Gasteiger partial charge in [0.2, 0.25) is 5.95 Å². The lowest BCUT2D eigenvalue weighted by Gasteiger charge is -2.13. The molecular weight excluding hydrogens is 334 g/mol. The molecule has 1 atom stereocenters. The molecule has 0 unspecified atom stereocenters. The highest BCUT2D eigenvalue weighted by Crippen LogP contribution is 2.21. The molecule has 2 aromatic heterocycles. The SMILES string of the molecule is C[C@H](N)CNc1ncc(C(N)=O)c(Nc2cccc(-n3nccn3)c2)n1. The Balaban J connectivity index is 1.89. The lowest BCUT2D eigenvalue weighted by Crippen LogP contribution is -2.26. The summed E-state index contributed by atoms with van der Waals surface area (Å²) < 4.78 is 0. The number of hydrogen-bond acceptors (Lipinski definition) is 8. The third-order valence-corrected chi connectivity index (χ3v) is 3.39. The Morgan fingerprint density at radius 1 is 1.31 bits per heavy atom. The third-order valence-electron chi connectivity index (χ3n) is 3.39. The van der Waals surface area contributed by atoms with Crippen molar-refractivity contribution >= 4 is 23.4 Å². The molecule has 26 heavy (non-hydrogen) atoms. The number of benzene rings is 1. The molecule has 0 aliphatic heterocycles. The van der Waals surface area contributed by atoms with Crippen LogP contribution in [0, 0.1) is 0 Å². The Labute approximate surface area is 149 Å². The lowest BCUT2D eigenvalue weighted by molar-refractivity contribution is 0.100. The van der Waals surface area contributed by atoms with Crippen LogP contribution in [0.5, 0.6) is 0 Å². The predicted octanol–water partition coefficient (Wildman–Crippen LogP) is 0.659. The third kappa shape index (κ3) is 4.11. The number of amides is 1. The van der Waals surface area contributed by atoms with Gasteiger partial charge in [0.25, 0.3) is 5.91 Å². The summed E-state index contributed by atoms with van der Waals surface area (Å²) in [5, 5.41) is 14.3. The summed E-state index contributed by atoms with van der Waals surface area (Å²) >= 11 is 0. The van der Waals surface area contributed by atoms with Crippen LogP contribution in [-0.2, 0) is 0 Å². The van der Waals surface area contributed by atoms with Gasteiger partial charge in [0, 0.05) is 24.5 Å². The van der Waals surface area contributed by atoms with E-state index in [9.17, 15) is 4.79 Å². The van der Waals surface area contributed by atoms with E-state index in [4.69, 9.17) is 11.5 Å². The fourth-order valence-electron chi connectivity index (χ4n) is 2.19. The minimum Gasteiger partial charge on any atom is -0.365 e. The summed E-state index contributed by atoms with van der Waals surface area (Å²) in [6, 6.07) is 7.28. The molecule has 0 saturated carbocycles. The van der Waals surface area contributed by atoms with Gasteiger partial charge in [-0.05, 0) is 25.1 Å². The van der Waals surface area contributed by atoms with Crippen LogP contribution < -0.4 is 22.1 Å². The molecule has 6 N–H and O–H groups in total. The number of rotatable bonds is 7. The van der Waals surface area contributed by atoms with Gasteiger partial charge in [0.1, 0.15) is 11.4 Å². The van der Waals surface area contributed by atoms with Crippen LogP contribution in [0.15, 0.2) is 42.9 Å². The Kier molecular flexibility index (Phi) is 5.04. The van der Waals surface area contributed by atoms with Crippen molar-refractivity contribution in [3.63, 3.8) is 0 Å². The number of carbonyl (C=O) groups excluding carboxylic acids is 1. The summed E-state index contributed by atoms with van der Waals surface area (Å²) in [6.45, 7) is 2.36. The van der Waals surface area contributed by atoms with Gasteiger partial charge in [-0.3, -0.25) is 4.79 Å². The van der Waals surface area contributed by atoms with Crippen molar-refractivity contribution < 1.29 is 4.79 Å². The van der Waals surface area contributed by atoms with E-state index in [0.717, 1.165) is 5.69 Å². The smallest absolute Gasteiger partial charge is 0.254 e. The fraction of sp³-hybridized carbons (Fsp3) is 0.188. The molecule has 1 aromatic carbocycles. The zero-order valence-corrected chi connectivity index (χ0v) is 14.1. The maximum absolute atomic E-state index is 11.7. The van der Waals surface area contributed by atoms with E-state index < -0.39 is 5.91 Å². The summed E-state index contributed by atoms with van der Waals surface area (Å²) in [7, 11) is 0. The summed E-state index contributed by atoms with van der Waals surface area (Å²) in [4.78, 5) is 21.6. The summed E-state index contributed by atoms with van der Waals surface area (Å²) in [5.41, 5.74) is 12.8. The standard InChI is InChI=1S/C16H19N9O/c1-10(17)8-19-16-20-9-13(14(18)26)15(24-16)23-11-3-2-4-12(7-11)25-21-5-6-22-25/h2-7,9-10H,8,17H2,1H3,(H2,18,26)(H2,19,20,23,24)/t10-/m0/s1. The number of nitrogens with one attached hydrogen (secondary N) is 2. The molecular formula is C16H19N9O. The van der Waals surface area contributed by atoms with Crippen molar-refractivity contribution in [2.75, 3.05) is 17.2 Å². The molecule has 0 spiro atoms. The first-order valence-corrected chi connectivity index (χ1v) is 7.93. The zero-order valence-electron chi connectivity index (χ0n) is 14.1. The Bertz CT molecular complexity index is 892. The molecule has 2 heterocycles. The van der Waals surface area contributed by atoms with Gasteiger partial charge in [-0.1, -0.05) is 6.07 Å². The van der Waals surface area contributed by atoms with Crippen molar-refractivity contribution in [3.8, 4) is 5.69 Å². The van der Waals surface area contributed by atoms with Crippen LogP contribution in [0.1, 0.15) is 17.3 Å². The minimum atomic E-state index is -0.629. The predicted molar refractivity (Wildman–Crippen MR) is 97.3 cm³/mol. The highest BCUT2D eigenvalue weighted by Gasteiger charge is 2.13. The topological polar surface area (TPSA) is 150 Å². The van der Waals surface area contributed by atoms with Crippen molar-refractivity contribution in [2.45, 2.75) is 13.0 Å². The van der Waals surface area contributed by atoms with E-state index in [1.165, 1.54) is 11.0 Å². The molecule has 3 rings (SSSR count). The van der Waals surface area contributed by atoms with Gasteiger partial charge in [-0.15, -0.1) is 0 Å². The number of primary amides is 1. The van der Waals surface area contributed by atoms with Gasteiger partial charge in [0.15, 0.2) is 0 Å². The van der Waals surface area contributed by atoms with Gasteiger partial charge >= 0.3 is 0 Å². The molecule has 134 valence electrons. The first kappa shape index (κ1) is 17.3. The van der Waals surface area contributed by atoms with Gasteiger partial charge in [0.05, 0.1) is 18.1 Å². The highest BCUT2D eigenvalue weighted by molar-refractivity contribution is 5.98. The molecule has 10 nitrogen and oxygen atoms in total. The van der Waals surface area contributed by atoms with E-state index in [1.54, 1.807) is 12.4 Å². The normalized spacial score (nSPS) is 11.8. The van der Waals surface area contributed by atoms with Gasteiger partial charge in [-0.2, -0.15) is 20.0 Å². The fourth-order valence-corrected chi connectivity index (χ4v) is 2.19. The van der Waals surface area contributed by atoms with E-state index in [-0.39, 0.29) is 11.6 Å². The zero-order chi connectivity index (χ0) is 18.5. The van der Waals surface area contributed by atoms with E-state index in [2.05, 4.69) is 30.8 Å². The van der Waals surface area contributed by atoms with Crippen molar-refractivity contribution in [2.24, 2.45) is 11.5 Å². The first-order chi connectivity index (χ1) is 12.5. The monoisotopic (exact) mass is 353 g/mol. The molecule has 0 fully saturated rings. The van der Waals surface area contributed by atoms with Crippen molar-refractivity contribution in [3.05, 3.63) is 48.4 Å². The number of carbonyl (C=O) groups is 1. The second-order valence-corrected chi connectivity index (χ2v) is 5.67. The van der Waals surface area contributed by atoms with Crippen LogP contribution in [0.4, 0.5) is 17.5 Å². The van der Waals surface area contributed by atoms with Crippen molar-refractivity contribution in [1.82, 2.24) is 25.0 Å². The second kappa shape index (κ2) is 7.57. The van der Waals surface area contributed by atoms with Crippen LogP contribution in [0.2, 0.25) is 0 Å². The molecule has 1 amide bonds. The Morgan fingerprint density at radius 2 is 2.08 bits per heavy atom. The number of nitrogens with two attached hydrogens (primary N) is 2. The largest absolute Gasteiger partial charge is 0.365 e. The van der Waals surface area contributed by atoms with E-state index >= 15 is 0 Å². The number of hydrogen-bond donors (Lipinski definition) is 4. The maximum atomic E-state index is 11.7. The first-order valence-electron chi connectivity index (χ1n) is 7.93. The second-order valence-electron chi connectivity index (χ2n) is 5.67. The quantitative estimate of drug-likeness (QED) is 0.484. The minimum absolute atomic E-state index is 0.0657. The lowest BCUT2D eigenvalue weighted by atomic mass is 10.2. The summed E-state index contributed by atoms with van der Waals surface area (Å²) in [6.07, 6.45) is 4.55. The average Bonchev–Trinajstić information content (AvgIpc) is 3.15. The van der Waals surface area contributed by atoms with Gasteiger partial charge < -0.3 is 22.1 Å². The van der Waals surface area contributed by atoms with Crippen molar-refractivity contribution in [1.29, 1.82) is 0 Å². The molecule has 3 aromatic rings. The molecule has 0 aliphatic carbocycles. The van der Waals surface area contributed by atoms with E-state index in [0.29, 0.717) is 24.0 Å². The molecule has 0 radical (unpaired) electrons. The van der Waals surface area contributed by atoms with E-state index in [1.807, 2.05) is 31.2 Å². The number of nitrogens with zero attached hydrogens (tertiary/aromatic N) is 5. The molecule has 10 heteroatoms. The highest BCUT2D eigenvalue weighted by atomic mass is 16.1. The molecule has 0 saturated heterocycles. The summed E-state index contributed by atoms with van der Waals surface area (Å²) in [5.74, 6) is 0.0149. The van der Waals surface area contributed by atoms with Crippen LogP contribution in [-0.4, -0.2) is 43.5 Å². The molecule has 0 aliphatic rings. The maximum Gasteiger partial charge on any atom is 0.254 e. The Morgan fingerprint density at radius 3 is 2.77 bits per heavy atom. The average molecular weight is 353 g/mol. The number of anilines is 3. The van der Waals surface area contributed by atoms with Crippen LogP contribution in [0.25, 0.3) is 5.69 Å². The molecule has 0 bridgehead atoms. The Hall–Kier alpha value is -3.53. The van der Waals surface area contributed by atoms with Crippen LogP contribution in [0.3, 0.4) is 0 Å². The number of aromatic nitrogens is 5.